The van der Waals surface area contributed by atoms with E-state index < -0.39 is 5.82 Å². The van der Waals surface area contributed by atoms with Crippen molar-refractivity contribution in [3.63, 3.8) is 0 Å². The molecule has 3 aromatic rings. The first kappa shape index (κ1) is 21.1. The second-order valence-electron chi connectivity index (χ2n) is 8.00. The van der Waals surface area contributed by atoms with E-state index in [0.717, 1.165) is 42.8 Å². The highest BCUT2D eigenvalue weighted by Crippen LogP contribution is 2.26. The number of nitrogens with zero attached hydrogens (tertiary/aromatic N) is 2. The van der Waals surface area contributed by atoms with Gasteiger partial charge in [0.2, 0.25) is 5.91 Å². The minimum atomic E-state index is -0.433. The number of rotatable bonds is 6. The molecule has 4 nitrogen and oxygen atoms in total. The minimum absolute atomic E-state index is 0.208. The molecule has 2 aromatic carbocycles. The minimum Gasteiger partial charge on any atom is -0.322 e. The molecule has 4 rings (SSSR count). The van der Waals surface area contributed by atoms with Crippen LogP contribution in [0.3, 0.4) is 0 Å². The molecule has 1 unspecified atom stereocenters. The van der Waals surface area contributed by atoms with Gasteiger partial charge >= 0.3 is 0 Å². The number of aromatic nitrogens is 1. The molecule has 31 heavy (non-hydrogen) atoms. The van der Waals surface area contributed by atoms with Crippen LogP contribution in [0.5, 0.6) is 0 Å². The van der Waals surface area contributed by atoms with E-state index in [4.69, 9.17) is 0 Å². The van der Waals surface area contributed by atoms with E-state index in [1.54, 1.807) is 30.3 Å². The molecule has 0 spiro atoms. The monoisotopic (exact) mass is 421 g/mol. The van der Waals surface area contributed by atoms with Crippen molar-refractivity contribution >= 4 is 11.6 Å². The van der Waals surface area contributed by atoms with E-state index in [-0.39, 0.29) is 29.9 Å². The first-order valence-corrected chi connectivity index (χ1v) is 10.5. The lowest BCUT2D eigenvalue weighted by atomic mass is 9.93. The fourth-order valence-corrected chi connectivity index (χ4v) is 4.02. The molecule has 160 valence electrons. The lowest BCUT2D eigenvalue weighted by Crippen LogP contribution is -2.40. The Morgan fingerprint density at radius 1 is 1.03 bits per heavy atom. The van der Waals surface area contributed by atoms with Gasteiger partial charge < -0.3 is 5.32 Å². The zero-order valence-corrected chi connectivity index (χ0v) is 17.2. The van der Waals surface area contributed by atoms with Crippen LogP contribution >= 0.6 is 0 Å². The fourth-order valence-electron chi connectivity index (χ4n) is 4.02. The summed E-state index contributed by atoms with van der Waals surface area (Å²) in [5.41, 5.74) is 3.34. The van der Waals surface area contributed by atoms with E-state index in [2.05, 4.69) is 21.3 Å². The summed E-state index contributed by atoms with van der Waals surface area (Å²) in [5, 5.41) is 2.65. The summed E-state index contributed by atoms with van der Waals surface area (Å²) in [5.74, 6) is -0.623. The first-order chi connectivity index (χ1) is 15.1. The molecule has 1 saturated heterocycles. The van der Waals surface area contributed by atoms with Crippen molar-refractivity contribution in [3.05, 3.63) is 95.3 Å². The second-order valence-corrected chi connectivity index (χ2v) is 8.00. The van der Waals surface area contributed by atoms with Crippen LogP contribution in [0.4, 0.5) is 14.5 Å². The standard InChI is InChI=1S/C25H25F2N3O/c26-21-10-7-18(8-11-21)14-19-9-12-23(28-15-19)20-4-3-13-30(16-20)17-25(31)29-24-6-2-1-5-22(24)27/h1-2,5-12,15,20H,3-4,13-14,16-17H2,(H,29,31). The molecule has 1 aromatic heterocycles. The second kappa shape index (κ2) is 9.79. The molecule has 0 radical (unpaired) electrons. The van der Waals surface area contributed by atoms with Crippen LogP contribution in [-0.4, -0.2) is 35.4 Å². The Kier molecular flexibility index (Phi) is 6.67. The number of carbonyl (C=O) groups excluding carboxylic acids is 1. The maximum absolute atomic E-state index is 13.7. The highest BCUT2D eigenvalue weighted by Gasteiger charge is 2.24. The number of nitrogens with one attached hydrogen (secondary N) is 1. The van der Waals surface area contributed by atoms with Crippen LogP contribution in [0.1, 0.15) is 35.6 Å². The fraction of sp³-hybridized carbons (Fsp3) is 0.280. The lowest BCUT2D eigenvalue weighted by molar-refractivity contribution is -0.117. The van der Waals surface area contributed by atoms with Crippen LogP contribution in [0, 0.1) is 11.6 Å². The molecule has 1 N–H and O–H groups in total. The molecule has 0 bridgehead atoms. The van der Waals surface area contributed by atoms with E-state index in [9.17, 15) is 13.6 Å². The Balaban J connectivity index is 1.33. The molecule has 1 aliphatic heterocycles. The third-order valence-corrected chi connectivity index (χ3v) is 5.61. The zero-order valence-electron chi connectivity index (χ0n) is 17.2. The summed E-state index contributed by atoms with van der Waals surface area (Å²) in [4.78, 5) is 19.1. The number of benzene rings is 2. The number of pyridine rings is 1. The van der Waals surface area contributed by atoms with E-state index >= 15 is 0 Å². The summed E-state index contributed by atoms with van der Waals surface area (Å²) in [7, 11) is 0. The SMILES string of the molecule is O=C(CN1CCCC(c2ccc(Cc3ccc(F)cc3)cn2)C1)Nc1ccccc1F. The Labute approximate surface area is 180 Å². The van der Waals surface area contributed by atoms with Crippen molar-refractivity contribution in [2.24, 2.45) is 0 Å². The van der Waals surface area contributed by atoms with Crippen molar-refractivity contribution in [3.8, 4) is 0 Å². The Morgan fingerprint density at radius 2 is 1.81 bits per heavy atom. The van der Waals surface area contributed by atoms with Crippen molar-refractivity contribution in [2.45, 2.75) is 25.2 Å². The number of hydrogen-bond acceptors (Lipinski definition) is 3. The van der Waals surface area contributed by atoms with Crippen molar-refractivity contribution in [1.82, 2.24) is 9.88 Å². The number of hydrogen-bond donors (Lipinski definition) is 1. The van der Waals surface area contributed by atoms with Gasteiger partial charge in [0, 0.05) is 24.4 Å². The van der Waals surface area contributed by atoms with Gasteiger partial charge in [-0.25, -0.2) is 8.78 Å². The van der Waals surface area contributed by atoms with Gasteiger partial charge in [0.25, 0.3) is 0 Å². The van der Waals surface area contributed by atoms with Gasteiger partial charge in [-0.15, -0.1) is 0 Å². The van der Waals surface area contributed by atoms with Gasteiger partial charge in [-0.3, -0.25) is 14.7 Å². The number of piperidine rings is 1. The van der Waals surface area contributed by atoms with Gasteiger partial charge in [0.15, 0.2) is 0 Å². The first-order valence-electron chi connectivity index (χ1n) is 10.5. The zero-order chi connectivity index (χ0) is 21.6. The summed E-state index contributed by atoms with van der Waals surface area (Å²) in [6, 6.07) is 16.8. The molecule has 1 amide bonds. The molecule has 1 fully saturated rings. The largest absolute Gasteiger partial charge is 0.322 e. The Hall–Kier alpha value is -3.12. The van der Waals surface area contributed by atoms with Crippen LogP contribution < -0.4 is 5.32 Å². The summed E-state index contributed by atoms with van der Waals surface area (Å²) >= 11 is 0. The smallest absolute Gasteiger partial charge is 0.238 e. The van der Waals surface area contributed by atoms with Crippen LogP contribution in [0.15, 0.2) is 66.9 Å². The maximum atomic E-state index is 13.7. The number of halogens is 2. The van der Waals surface area contributed by atoms with Crippen LogP contribution in [-0.2, 0) is 11.2 Å². The van der Waals surface area contributed by atoms with E-state index in [1.165, 1.54) is 18.2 Å². The molecular formula is C25H25F2N3O. The van der Waals surface area contributed by atoms with Gasteiger partial charge in [-0.05, 0) is 67.3 Å². The molecule has 1 atom stereocenters. The van der Waals surface area contributed by atoms with E-state index in [0.29, 0.717) is 6.42 Å². The van der Waals surface area contributed by atoms with Crippen molar-refractivity contribution in [2.75, 3.05) is 25.0 Å². The average molecular weight is 421 g/mol. The normalized spacial score (nSPS) is 16.8. The number of para-hydroxylation sites is 1. The molecule has 6 heteroatoms. The molecule has 2 heterocycles. The summed E-state index contributed by atoms with van der Waals surface area (Å²) < 4.78 is 26.8. The predicted molar refractivity (Wildman–Crippen MR) is 117 cm³/mol. The quantitative estimate of drug-likeness (QED) is 0.624. The Bertz CT molecular complexity index is 1020. The average Bonchev–Trinajstić information content (AvgIpc) is 2.78. The number of amides is 1. The highest BCUT2D eigenvalue weighted by atomic mass is 19.1. The van der Waals surface area contributed by atoms with E-state index in [1.807, 2.05) is 12.3 Å². The van der Waals surface area contributed by atoms with Gasteiger partial charge in [0.05, 0.1) is 12.2 Å². The van der Waals surface area contributed by atoms with Gasteiger partial charge in [0.1, 0.15) is 11.6 Å². The van der Waals surface area contributed by atoms with Crippen molar-refractivity contribution in [1.29, 1.82) is 0 Å². The van der Waals surface area contributed by atoms with Crippen molar-refractivity contribution < 1.29 is 13.6 Å². The Morgan fingerprint density at radius 3 is 2.55 bits per heavy atom. The van der Waals surface area contributed by atoms with Gasteiger partial charge in [-0.1, -0.05) is 30.3 Å². The maximum Gasteiger partial charge on any atom is 0.238 e. The topological polar surface area (TPSA) is 45.2 Å². The lowest BCUT2D eigenvalue weighted by Gasteiger charge is -2.32. The molecule has 0 saturated carbocycles. The summed E-state index contributed by atoms with van der Waals surface area (Å²) in [6.45, 7) is 1.81. The number of carbonyl (C=O) groups is 1. The number of likely N-dealkylation sites (tertiary alicyclic amines) is 1. The highest BCUT2D eigenvalue weighted by molar-refractivity contribution is 5.92. The van der Waals surface area contributed by atoms with Crippen LogP contribution in [0.2, 0.25) is 0 Å². The van der Waals surface area contributed by atoms with Gasteiger partial charge in [-0.2, -0.15) is 0 Å². The third-order valence-electron chi connectivity index (χ3n) is 5.61. The molecular weight excluding hydrogens is 396 g/mol. The molecule has 1 aliphatic rings. The van der Waals surface area contributed by atoms with Crippen LogP contribution in [0.25, 0.3) is 0 Å². The third kappa shape index (κ3) is 5.73. The predicted octanol–water partition coefficient (Wildman–Crippen LogP) is 4.77. The summed E-state index contributed by atoms with van der Waals surface area (Å²) in [6.07, 6.45) is 4.59. The molecule has 0 aliphatic carbocycles. The number of anilines is 1.